The van der Waals surface area contributed by atoms with Gasteiger partial charge in [-0.3, -0.25) is 0 Å². The number of β-amino-alcohol motifs (C(OH)–C–C–N with tert-alkyl or cyclic N) is 1. The molecule has 0 spiro atoms. The van der Waals surface area contributed by atoms with Crippen molar-refractivity contribution in [3.8, 4) is 0 Å². The third-order valence-corrected chi connectivity index (χ3v) is 5.23. The van der Waals surface area contributed by atoms with Gasteiger partial charge in [-0.1, -0.05) is 20.8 Å². The second-order valence-electron chi connectivity index (χ2n) is 7.85. The number of aliphatic hydroxyl groups is 1. The van der Waals surface area contributed by atoms with Gasteiger partial charge in [-0.2, -0.15) is 0 Å². The molecular formula is C16H32N2O. The van der Waals surface area contributed by atoms with Gasteiger partial charge in [-0.25, -0.2) is 0 Å². The Balaban J connectivity index is 1.89. The summed E-state index contributed by atoms with van der Waals surface area (Å²) in [5.74, 6) is 1.27. The second kappa shape index (κ2) is 5.71. The fourth-order valence-corrected chi connectivity index (χ4v) is 3.55. The molecule has 3 N–H and O–H groups in total. The molecule has 1 aliphatic heterocycles. The van der Waals surface area contributed by atoms with Gasteiger partial charge in [0, 0.05) is 13.1 Å². The average Bonchev–Trinajstić information content (AvgIpc) is 3.14. The fraction of sp³-hybridized carbons (Fsp3) is 1.00. The van der Waals surface area contributed by atoms with Crippen molar-refractivity contribution in [2.75, 3.05) is 26.2 Å². The van der Waals surface area contributed by atoms with E-state index in [9.17, 15) is 5.11 Å². The molecule has 1 aliphatic carbocycles. The first-order chi connectivity index (χ1) is 8.85. The lowest BCUT2D eigenvalue weighted by atomic mass is 9.77. The van der Waals surface area contributed by atoms with Crippen molar-refractivity contribution in [3.05, 3.63) is 0 Å². The van der Waals surface area contributed by atoms with Crippen molar-refractivity contribution < 1.29 is 5.11 Å². The summed E-state index contributed by atoms with van der Waals surface area (Å²) in [4.78, 5) is 2.46. The van der Waals surface area contributed by atoms with E-state index in [1.54, 1.807) is 0 Å². The van der Waals surface area contributed by atoms with E-state index in [0.29, 0.717) is 17.9 Å². The van der Waals surface area contributed by atoms with Crippen LogP contribution in [0.15, 0.2) is 0 Å². The van der Waals surface area contributed by atoms with E-state index in [1.807, 2.05) is 0 Å². The maximum Gasteiger partial charge on any atom is 0.0923 e. The Kier molecular flexibility index (Phi) is 4.59. The number of nitrogens with two attached hydrogens (primary N) is 1. The normalized spacial score (nSPS) is 29.8. The van der Waals surface area contributed by atoms with Crippen molar-refractivity contribution in [2.24, 2.45) is 23.0 Å². The van der Waals surface area contributed by atoms with Crippen LogP contribution in [0.25, 0.3) is 0 Å². The molecule has 2 rings (SSSR count). The van der Waals surface area contributed by atoms with Crippen molar-refractivity contribution >= 4 is 0 Å². The van der Waals surface area contributed by atoms with Crippen LogP contribution in [0.3, 0.4) is 0 Å². The van der Waals surface area contributed by atoms with Crippen LogP contribution in [0.4, 0.5) is 0 Å². The quantitative estimate of drug-likeness (QED) is 0.822. The van der Waals surface area contributed by atoms with Gasteiger partial charge in [0.25, 0.3) is 0 Å². The van der Waals surface area contributed by atoms with E-state index in [4.69, 9.17) is 5.73 Å². The standard InChI is InChI=1S/C16H32N2O/c1-15(2,3)13-5-4-9-18(10-8-13)12-16(19,11-17)14-6-7-14/h13-14,19H,4-12,17H2,1-3H3. The van der Waals surface area contributed by atoms with Crippen molar-refractivity contribution in [2.45, 2.75) is 58.5 Å². The van der Waals surface area contributed by atoms with Gasteiger partial charge in [-0.15, -0.1) is 0 Å². The molecular weight excluding hydrogens is 236 g/mol. The predicted octanol–water partition coefficient (Wildman–Crippen LogP) is 2.23. The minimum atomic E-state index is -0.623. The molecule has 0 aromatic heterocycles. The van der Waals surface area contributed by atoms with E-state index in [-0.39, 0.29) is 0 Å². The number of rotatable bonds is 4. The lowest BCUT2D eigenvalue weighted by Gasteiger charge is -2.34. The topological polar surface area (TPSA) is 49.5 Å². The summed E-state index contributed by atoms with van der Waals surface area (Å²) in [6.45, 7) is 10.5. The van der Waals surface area contributed by atoms with Crippen LogP contribution in [0.2, 0.25) is 0 Å². The SMILES string of the molecule is CC(C)(C)C1CCCN(CC(O)(CN)C2CC2)CC1. The van der Waals surface area contributed by atoms with Crippen LogP contribution in [-0.4, -0.2) is 41.8 Å². The molecule has 0 bridgehead atoms. The van der Waals surface area contributed by atoms with Crippen molar-refractivity contribution in [1.29, 1.82) is 0 Å². The Morgan fingerprint density at radius 2 is 1.74 bits per heavy atom. The Morgan fingerprint density at radius 3 is 2.26 bits per heavy atom. The zero-order chi connectivity index (χ0) is 14.1. The smallest absolute Gasteiger partial charge is 0.0923 e. The summed E-state index contributed by atoms with van der Waals surface area (Å²) in [6.07, 6.45) is 6.16. The third kappa shape index (κ3) is 3.93. The van der Waals surface area contributed by atoms with Gasteiger partial charge < -0.3 is 15.7 Å². The second-order valence-corrected chi connectivity index (χ2v) is 7.85. The highest BCUT2D eigenvalue weighted by atomic mass is 16.3. The monoisotopic (exact) mass is 268 g/mol. The Labute approximate surface area is 118 Å². The molecule has 2 fully saturated rings. The van der Waals surface area contributed by atoms with Crippen LogP contribution in [0, 0.1) is 17.3 Å². The molecule has 0 aromatic carbocycles. The van der Waals surface area contributed by atoms with Gasteiger partial charge >= 0.3 is 0 Å². The molecule has 0 amide bonds. The molecule has 2 aliphatic rings. The Morgan fingerprint density at radius 1 is 1.05 bits per heavy atom. The first-order valence-electron chi connectivity index (χ1n) is 8.00. The zero-order valence-electron chi connectivity index (χ0n) is 13.0. The molecule has 2 atom stereocenters. The molecule has 1 saturated carbocycles. The summed E-state index contributed by atoms with van der Waals surface area (Å²) in [5, 5.41) is 10.7. The molecule has 1 saturated heterocycles. The highest BCUT2D eigenvalue weighted by molar-refractivity contribution is 4.98. The first kappa shape index (κ1) is 15.3. The summed E-state index contributed by atoms with van der Waals surface area (Å²) >= 11 is 0. The van der Waals surface area contributed by atoms with E-state index in [1.165, 1.54) is 19.3 Å². The Hall–Kier alpha value is -0.120. The number of nitrogens with zero attached hydrogens (tertiary/aromatic N) is 1. The van der Waals surface area contributed by atoms with Crippen molar-refractivity contribution in [1.82, 2.24) is 4.90 Å². The first-order valence-corrected chi connectivity index (χ1v) is 8.00. The minimum Gasteiger partial charge on any atom is -0.387 e. The van der Waals surface area contributed by atoms with Crippen molar-refractivity contribution in [3.63, 3.8) is 0 Å². The van der Waals surface area contributed by atoms with E-state index in [2.05, 4.69) is 25.7 Å². The molecule has 0 aromatic rings. The highest BCUT2D eigenvalue weighted by Gasteiger charge is 2.44. The summed E-state index contributed by atoms with van der Waals surface area (Å²) in [7, 11) is 0. The van der Waals surface area contributed by atoms with Gasteiger partial charge in [0.1, 0.15) is 0 Å². The minimum absolute atomic E-state index is 0.413. The largest absolute Gasteiger partial charge is 0.387 e. The molecule has 1 heterocycles. The average molecular weight is 268 g/mol. The molecule has 3 heteroatoms. The highest BCUT2D eigenvalue weighted by Crippen LogP contribution is 2.40. The van der Waals surface area contributed by atoms with Crippen LogP contribution in [0.1, 0.15) is 52.9 Å². The fourth-order valence-electron chi connectivity index (χ4n) is 3.55. The van der Waals surface area contributed by atoms with E-state index >= 15 is 0 Å². The number of likely N-dealkylation sites (tertiary alicyclic amines) is 1. The summed E-state index contributed by atoms with van der Waals surface area (Å²) in [6, 6.07) is 0. The zero-order valence-corrected chi connectivity index (χ0v) is 13.0. The maximum absolute atomic E-state index is 10.7. The van der Waals surface area contributed by atoms with Crippen LogP contribution < -0.4 is 5.73 Å². The van der Waals surface area contributed by atoms with Crippen LogP contribution in [-0.2, 0) is 0 Å². The molecule has 112 valence electrons. The molecule has 2 unspecified atom stereocenters. The molecule has 19 heavy (non-hydrogen) atoms. The van der Waals surface area contributed by atoms with E-state index < -0.39 is 5.60 Å². The van der Waals surface area contributed by atoms with Gasteiger partial charge in [0.2, 0.25) is 0 Å². The van der Waals surface area contributed by atoms with Crippen LogP contribution >= 0.6 is 0 Å². The summed E-state index contributed by atoms with van der Waals surface area (Å²) < 4.78 is 0. The lowest BCUT2D eigenvalue weighted by Crippen LogP contribution is -2.50. The van der Waals surface area contributed by atoms with E-state index in [0.717, 1.165) is 38.4 Å². The van der Waals surface area contributed by atoms with Gasteiger partial charge in [0.15, 0.2) is 0 Å². The Bertz CT molecular complexity index is 296. The molecule has 3 nitrogen and oxygen atoms in total. The predicted molar refractivity (Wildman–Crippen MR) is 80.0 cm³/mol. The third-order valence-electron chi connectivity index (χ3n) is 5.23. The summed E-state index contributed by atoms with van der Waals surface area (Å²) in [5.41, 5.74) is 5.61. The maximum atomic E-state index is 10.7. The molecule has 0 radical (unpaired) electrons. The van der Waals surface area contributed by atoms with Gasteiger partial charge in [-0.05, 0) is 62.4 Å². The lowest BCUT2D eigenvalue weighted by molar-refractivity contribution is -0.00798. The van der Waals surface area contributed by atoms with Crippen LogP contribution in [0.5, 0.6) is 0 Å². The number of hydrogen-bond acceptors (Lipinski definition) is 3. The van der Waals surface area contributed by atoms with Gasteiger partial charge in [0.05, 0.1) is 5.60 Å². The number of hydrogen-bond donors (Lipinski definition) is 2.